The van der Waals surface area contributed by atoms with E-state index in [4.69, 9.17) is 16.2 Å². The van der Waals surface area contributed by atoms with Crippen molar-refractivity contribution < 1.29 is 5.11 Å². The number of nitrogen functional groups attached to an aromatic ring is 1. The predicted molar refractivity (Wildman–Crippen MR) is 67.4 cm³/mol. The number of anilines is 1. The number of nitrogens with zero attached hydrogens (tertiary/aromatic N) is 2. The molecule has 1 aromatic rings. The second-order valence-electron chi connectivity index (χ2n) is 4.39. The molecule has 0 unspecified atom stereocenters. The summed E-state index contributed by atoms with van der Waals surface area (Å²) in [5, 5.41) is 16.7. The van der Waals surface area contributed by atoms with Gasteiger partial charge >= 0.3 is 0 Å². The molecule has 1 aliphatic carbocycles. The Labute approximate surface area is 101 Å². The number of aliphatic hydroxyl groups is 1. The van der Waals surface area contributed by atoms with Crippen LogP contribution in [0.2, 0.25) is 0 Å². The van der Waals surface area contributed by atoms with Gasteiger partial charge in [0, 0.05) is 18.3 Å². The van der Waals surface area contributed by atoms with E-state index in [0.29, 0.717) is 18.2 Å². The van der Waals surface area contributed by atoms with E-state index < -0.39 is 0 Å². The van der Waals surface area contributed by atoms with Gasteiger partial charge in [0.25, 0.3) is 0 Å². The number of hydrogen-bond donors (Lipinski definition) is 3. The molecule has 0 atom stereocenters. The van der Waals surface area contributed by atoms with Gasteiger partial charge in [-0.1, -0.05) is 0 Å². The zero-order chi connectivity index (χ0) is 12.4. The van der Waals surface area contributed by atoms with Crippen molar-refractivity contribution in [2.45, 2.75) is 25.8 Å². The van der Waals surface area contributed by atoms with Crippen LogP contribution in [0.3, 0.4) is 0 Å². The Morgan fingerprint density at radius 2 is 2.29 bits per heavy atom. The first-order valence-corrected chi connectivity index (χ1v) is 5.83. The number of aliphatic hydroxyl groups excluding tert-OH is 1. The lowest BCUT2D eigenvalue weighted by molar-refractivity contribution is 0.301. The van der Waals surface area contributed by atoms with Gasteiger partial charge in [-0.2, -0.15) is 0 Å². The van der Waals surface area contributed by atoms with Gasteiger partial charge in [0.15, 0.2) is 0 Å². The number of pyridine rings is 1. The van der Waals surface area contributed by atoms with Gasteiger partial charge in [-0.25, -0.2) is 4.98 Å². The second-order valence-corrected chi connectivity index (χ2v) is 4.39. The third-order valence-electron chi connectivity index (χ3n) is 2.91. The standard InChI is InChI=1S/C12H18N4O/c1-8-2-5-10(11(13)14)12(15-8)16(6-7-17)9-3-4-9/h2,5,9,17H,3-4,6-7H2,1H3,(H3,13,14). The van der Waals surface area contributed by atoms with Crippen LogP contribution in [0.5, 0.6) is 0 Å². The van der Waals surface area contributed by atoms with Crippen LogP contribution in [-0.4, -0.2) is 35.1 Å². The Balaban J connectivity index is 2.39. The highest BCUT2D eigenvalue weighted by molar-refractivity contribution is 5.99. The van der Waals surface area contributed by atoms with E-state index in [9.17, 15) is 0 Å². The number of nitrogens with one attached hydrogen (secondary N) is 1. The summed E-state index contributed by atoms with van der Waals surface area (Å²) in [6, 6.07) is 4.12. The summed E-state index contributed by atoms with van der Waals surface area (Å²) < 4.78 is 0. The van der Waals surface area contributed by atoms with Gasteiger partial charge in [-0.05, 0) is 31.9 Å². The third-order valence-corrected chi connectivity index (χ3v) is 2.91. The van der Waals surface area contributed by atoms with E-state index in [2.05, 4.69) is 9.88 Å². The monoisotopic (exact) mass is 234 g/mol. The van der Waals surface area contributed by atoms with E-state index in [1.165, 1.54) is 0 Å². The molecule has 2 rings (SSSR count). The fourth-order valence-corrected chi connectivity index (χ4v) is 1.93. The number of aryl methyl sites for hydroxylation is 1. The van der Waals surface area contributed by atoms with Crippen LogP contribution in [-0.2, 0) is 0 Å². The molecule has 17 heavy (non-hydrogen) atoms. The first kappa shape index (κ1) is 11.9. The van der Waals surface area contributed by atoms with Crippen molar-refractivity contribution in [2.75, 3.05) is 18.1 Å². The van der Waals surface area contributed by atoms with Gasteiger partial charge in [0.1, 0.15) is 11.7 Å². The highest BCUT2D eigenvalue weighted by atomic mass is 16.3. The maximum atomic E-state index is 9.12. The molecule has 0 aromatic carbocycles. The maximum Gasteiger partial charge on any atom is 0.140 e. The molecular weight excluding hydrogens is 216 g/mol. The van der Waals surface area contributed by atoms with Crippen LogP contribution < -0.4 is 10.6 Å². The smallest absolute Gasteiger partial charge is 0.140 e. The average Bonchev–Trinajstić information content (AvgIpc) is 3.09. The summed E-state index contributed by atoms with van der Waals surface area (Å²) in [6.45, 7) is 2.54. The highest BCUT2D eigenvalue weighted by Gasteiger charge is 2.31. The minimum atomic E-state index is 0.0242. The zero-order valence-corrected chi connectivity index (χ0v) is 9.98. The summed E-state index contributed by atoms with van der Waals surface area (Å²) in [4.78, 5) is 6.53. The number of amidine groups is 1. The maximum absolute atomic E-state index is 9.12. The molecule has 0 amide bonds. The number of aromatic nitrogens is 1. The molecule has 1 heterocycles. The Morgan fingerprint density at radius 3 is 2.82 bits per heavy atom. The van der Waals surface area contributed by atoms with Crippen molar-refractivity contribution in [2.24, 2.45) is 5.73 Å². The Morgan fingerprint density at radius 1 is 1.59 bits per heavy atom. The van der Waals surface area contributed by atoms with Gasteiger partial charge in [0.05, 0.1) is 12.2 Å². The third kappa shape index (κ3) is 2.55. The molecule has 1 saturated carbocycles. The van der Waals surface area contributed by atoms with Crippen LogP contribution in [0.15, 0.2) is 12.1 Å². The lowest BCUT2D eigenvalue weighted by atomic mass is 10.2. The summed E-state index contributed by atoms with van der Waals surface area (Å²) in [5.74, 6) is 0.755. The number of nitrogens with two attached hydrogens (primary N) is 1. The van der Waals surface area contributed by atoms with Gasteiger partial charge in [-0.3, -0.25) is 5.41 Å². The minimum Gasteiger partial charge on any atom is -0.395 e. The molecular formula is C12H18N4O. The number of rotatable bonds is 5. The fourth-order valence-electron chi connectivity index (χ4n) is 1.93. The molecule has 1 aromatic heterocycles. The molecule has 1 fully saturated rings. The summed E-state index contributed by atoms with van der Waals surface area (Å²) in [7, 11) is 0. The van der Waals surface area contributed by atoms with E-state index in [1.54, 1.807) is 0 Å². The van der Waals surface area contributed by atoms with Crippen molar-refractivity contribution in [3.63, 3.8) is 0 Å². The SMILES string of the molecule is Cc1ccc(C(=N)N)c(N(CCO)C2CC2)n1. The van der Waals surface area contributed by atoms with Crippen LogP contribution in [0.4, 0.5) is 5.82 Å². The van der Waals surface area contributed by atoms with E-state index in [0.717, 1.165) is 24.4 Å². The lowest BCUT2D eigenvalue weighted by Crippen LogP contribution is -2.32. The van der Waals surface area contributed by atoms with Crippen molar-refractivity contribution in [1.29, 1.82) is 5.41 Å². The molecule has 0 saturated heterocycles. The largest absolute Gasteiger partial charge is 0.395 e. The van der Waals surface area contributed by atoms with E-state index in [-0.39, 0.29) is 12.4 Å². The van der Waals surface area contributed by atoms with Crippen molar-refractivity contribution in [1.82, 2.24) is 4.98 Å². The highest BCUT2D eigenvalue weighted by Crippen LogP contribution is 2.32. The molecule has 0 radical (unpaired) electrons. The summed E-state index contributed by atoms with van der Waals surface area (Å²) in [5.41, 5.74) is 7.12. The van der Waals surface area contributed by atoms with Gasteiger partial charge < -0.3 is 15.7 Å². The molecule has 0 bridgehead atoms. The first-order chi connectivity index (χ1) is 8.13. The molecule has 5 nitrogen and oxygen atoms in total. The molecule has 5 heteroatoms. The van der Waals surface area contributed by atoms with Crippen LogP contribution in [0.1, 0.15) is 24.1 Å². The Bertz CT molecular complexity index is 429. The fraction of sp³-hybridized carbons (Fsp3) is 0.500. The lowest BCUT2D eigenvalue weighted by Gasteiger charge is -2.25. The van der Waals surface area contributed by atoms with E-state index in [1.807, 2.05) is 19.1 Å². The van der Waals surface area contributed by atoms with Crippen LogP contribution in [0.25, 0.3) is 0 Å². The van der Waals surface area contributed by atoms with Crippen LogP contribution >= 0.6 is 0 Å². The van der Waals surface area contributed by atoms with E-state index >= 15 is 0 Å². The van der Waals surface area contributed by atoms with Gasteiger partial charge in [-0.15, -0.1) is 0 Å². The summed E-state index contributed by atoms with van der Waals surface area (Å²) in [6.07, 6.45) is 2.24. The van der Waals surface area contributed by atoms with Crippen molar-refractivity contribution in [3.05, 3.63) is 23.4 Å². The van der Waals surface area contributed by atoms with Crippen molar-refractivity contribution in [3.8, 4) is 0 Å². The van der Waals surface area contributed by atoms with Crippen molar-refractivity contribution >= 4 is 11.7 Å². The second kappa shape index (κ2) is 4.71. The molecule has 92 valence electrons. The molecule has 1 aliphatic rings. The summed E-state index contributed by atoms with van der Waals surface area (Å²) >= 11 is 0. The quantitative estimate of drug-likeness (QED) is 0.515. The topological polar surface area (TPSA) is 86.2 Å². The predicted octanol–water partition coefficient (Wildman–Crippen LogP) is 0.635. The minimum absolute atomic E-state index is 0.0242. The molecule has 0 spiro atoms. The molecule has 0 aliphatic heterocycles. The first-order valence-electron chi connectivity index (χ1n) is 5.83. The Hall–Kier alpha value is -1.62. The Kier molecular flexibility index (Phi) is 3.28. The zero-order valence-electron chi connectivity index (χ0n) is 9.98. The number of hydrogen-bond acceptors (Lipinski definition) is 4. The van der Waals surface area contributed by atoms with Crippen LogP contribution in [0, 0.1) is 12.3 Å². The average molecular weight is 234 g/mol. The normalized spacial score (nSPS) is 14.7. The molecule has 4 N–H and O–H groups in total. The van der Waals surface area contributed by atoms with Gasteiger partial charge in [0.2, 0.25) is 0 Å².